The monoisotopic (exact) mass is 201 g/mol. The first-order chi connectivity index (χ1) is 6.27. The SMILES string of the molecule is O=C1CCCC1N1CCS(=O)CC1. The summed E-state index contributed by atoms with van der Waals surface area (Å²) in [6, 6.07) is 0.164. The summed E-state index contributed by atoms with van der Waals surface area (Å²) >= 11 is 0. The minimum absolute atomic E-state index is 0.164. The molecule has 1 unspecified atom stereocenters. The van der Waals surface area contributed by atoms with Crippen LogP contribution in [0.4, 0.5) is 0 Å². The number of carbonyl (C=O) groups is 1. The molecule has 0 amide bonds. The molecule has 13 heavy (non-hydrogen) atoms. The van der Waals surface area contributed by atoms with E-state index in [-0.39, 0.29) is 6.04 Å². The Bertz CT molecular complexity index is 232. The lowest BCUT2D eigenvalue weighted by Gasteiger charge is -2.30. The van der Waals surface area contributed by atoms with Gasteiger partial charge in [-0.2, -0.15) is 0 Å². The summed E-state index contributed by atoms with van der Waals surface area (Å²) in [7, 11) is -0.625. The fraction of sp³-hybridized carbons (Fsp3) is 0.889. The Hall–Kier alpha value is -0.220. The molecule has 0 aromatic heterocycles. The van der Waals surface area contributed by atoms with Gasteiger partial charge in [0.15, 0.2) is 0 Å². The molecule has 4 heteroatoms. The van der Waals surface area contributed by atoms with Gasteiger partial charge in [-0.25, -0.2) is 0 Å². The van der Waals surface area contributed by atoms with Crippen molar-refractivity contribution in [2.45, 2.75) is 25.3 Å². The zero-order valence-corrected chi connectivity index (χ0v) is 8.52. The van der Waals surface area contributed by atoms with Crippen LogP contribution in [0.25, 0.3) is 0 Å². The maximum atomic E-state index is 11.4. The summed E-state index contributed by atoms with van der Waals surface area (Å²) in [6.07, 6.45) is 2.82. The normalized spacial score (nSPS) is 32.6. The van der Waals surface area contributed by atoms with Gasteiger partial charge >= 0.3 is 0 Å². The first-order valence-electron chi connectivity index (χ1n) is 4.89. The van der Waals surface area contributed by atoms with Gasteiger partial charge < -0.3 is 0 Å². The quantitative estimate of drug-likeness (QED) is 0.607. The van der Waals surface area contributed by atoms with Crippen molar-refractivity contribution in [3.63, 3.8) is 0 Å². The maximum absolute atomic E-state index is 11.4. The molecule has 1 saturated carbocycles. The minimum atomic E-state index is -0.625. The first kappa shape index (κ1) is 9.34. The van der Waals surface area contributed by atoms with Crippen LogP contribution in [0.3, 0.4) is 0 Å². The van der Waals surface area contributed by atoms with Crippen LogP contribution in [0.15, 0.2) is 0 Å². The topological polar surface area (TPSA) is 37.4 Å². The molecule has 0 radical (unpaired) electrons. The van der Waals surface area contributed by atoms with E-state index < -0.39 is 10.8 Å². The van der Waals surface area contributed by atoms with Crippen molar-refractivity contribution in [2.24, 2.45) is 0 Å². The Kier molecular flexibility index (Phi) is 2.79. The van der Waals surface area contributed by atoms with Gasteiger partial charge in [0.05, 0.1) is 6.04 Å². The third-order valence-electron chi connectivity index (χ3n) is 2.93. The van der Waals surface area contributed by atoms with Gasteiger partial charge in [0, 0.05) is 41.8 Å². The highest BCUT2D eigenvalue weighted by molar-refractivity contribution is 7.85. The summed E-state index contributed by atoms with van der Waals surface area (Å²) in [5.74, 6) is 1.90. The van der Waals surface area contributed by atoms with E-state index >= 15 is 0 Å². The number of carbonyl (C=O) groups excluding carboxylic acids is 1. The molecule has 1 aliphatic heterocycles. The third kappa shape index (κ3) is 1.99. The Balaban J connectivity index is 1.93. The molecule has 0 spiro atoms. The molecular weight excluding hydrogens is 186 g/mol. The summed E-state index contributed by atoms with van der Waals surface area (Å²) in [6.45, 7) is 1.70. The largest absolute Gasteiger partial charge is 0.298 e. The van der Waals surface area contributed by atoms with Gasteiger partial charge in [-0.05, 0) is 12.8 Å². The van der Waals surface area contributed by atoms with Gasteiger partial charge in [-0.3, -0.25) is 13.9 Å². The molecule has 0 N–H and O–H groups in total. The fourth-order valence-electron chi connectivity index (χ4n) is 2.15. The summed E-state index contributed by atoms with van der Waals surface area (Å²) in [4.78, 5) is 13.7. The molecule has 74 valence electrons. The zero-order valence-electron chi connectivity index (χ0n) is 7.70. The van der Waals surface area contributed by atoms with Crippen LogP contribution in [-0.4, -0.2) is 45.5 Å². The van der Waals surface area contributed by atoms with Gasteiger partial charge in [0.2, 0.25) is 0 Å². The van der Waals surface area contributed by atoms with Crippen LogP contribution in [0.1, 0.15) is 19.3 Å². The Morgan fingerprint density at radius 3 is 2.54 bits per heavy atom. The molecule has 2 aliphatic rings. The van der Waals surface area contributed by atoms with Crippen LogP contribution < -0.4 is 0 Å². The van der Waals surface area contributed by atoms with Crippen molar-refractivity contribution in [2.75, 3.05) is 24.6 Å². The maximum Gasteiger partial charge on any atom is 0.149 e. The lowest BCUT2D eigenvalue weighted by molar-refractivity contribution is -0.121. The molecule has 2 fully saturated rings. The summed E-state index contributed by atoms with van der Waals surface area (Å²) in [5, 5.41) is 0. The lowest BCUT2D eigenvalue weighted by Crippen LogP contribution is -2.46. The first-order valence-corrected chi connectivity index (χ1v) is 6.38. The van der Waals surface area contributed by atoms with E-state index in [1.165, 1.54) is 0 Å². The predicted octanol–water partition coefficient (Wildman–Crippen LogP) is 0.172. The van der Waals surface area contributed by atoms with E-state index in [4.69, 9.17) is 0 Å². The molecule has 1 heterocycles. The predicted molar refractivity (Wildman–Crippen MR) is 52.1 cm³/mol. The Morgan fingerprint density at radius 1 is 1.31 bits per heavy atom. The van der Waals surface area contributed by atoms with Crippen LogP contribution in [0.2, 0.25) is 0 Å². The Morgan fingerprint density at radius 2 is 2.00 bits per heavy atom. The fourth-order valence-corrected chi connectivity index (χ4v) is 3.23. The number of hydrogen-bond donors (Lipinski definition) is 0. The molecule has 2 rings (SSSR count). The average molecular weight is 201 g/mol. The van der Waals surface area contributed by atoms with Crippen molar-refractivity contribution in [3.8, 4) is 0 Å². The second-order valence-electron chi connectivity index (χ2n) is 3.76. The highest BCUT2D eigenvalue weighted by Crippen LogP contribution is 2.21. The van der Waals surface area contributed by atoms with Crippen LogP contribution in [-0.2, 0) is 15.6 Å². The van der Waals surface area contributed by atoms with Gasteiger partial charge in [0.25, 0.3) is 0 Å². The average Bonchev–Trinajstić information content (AvgIpc) is 2.53. The number of rotatable bonds is 1. The smallest absolute Gasteiger partial charge is 0.149 e. The van der Waals surface area contributed by atoms with Gasteiger partial charge in [-0.15, -0.1) is 0 Å². The van der Waals surface area contributed by atoms with Gasteiger partial charge in [-0.1, -0.05) is 0 Å². The van der Waals surface area contributed by atoms with E-state index in [0.717, 1.165) is 43.9 Å². The van der Waals surface area contributed by atoms with Crippen LogP contribution >= 0.6 is 0 Å². The minimum Gasteiger partial charge on any atom is -0.298 e. The molecule has 0 aromatic carbocycles. The van der Waals surface area contributed by atoms with Gasteiger partial charge in [0.1, 0.15) is 5.78 Å². The molecule has 3 nitrogen and oxygen atoms in total. The van der Waals surface area contributed by atoms with Crippen molar-refractivity contribution < 1.29 is 9.00 Å². The standard InChI is InChI=1S/C9H15NO2S/c11-9-3-1-2-8(9)10-4-6-13(12)7-5-10/h8H,1-7H2. The van der Waals surface area contributed by atoms with Crippen molar-refractivity contribution in [1.82, 2.24) is 4.90 Å². The molecule has 1 saturated heterocycles. The summed E-state index contributed by atoms with van der Waals surface area (Å²) < 4.78 is 11.1. The van der Waals surface area contributed by atoms with E-state index in [2.05, 4.69) is 4.90 Å². The third-order valence-corrected chi connectivity index (χ3v) is 4.20. The highest BCUT2D eigenvalue weighted by Gasteiger charge is 2.31. The molecule has 0 aromatic rings. The van der Waals surface area contributed by atoms with E-state index in [9.17, 15) is 9.00 Å². The number of ketones is 1. The van der Waals surface area contributed by atoms with E-state index in [1.807, 2.05) is 0 Å². The van der Waals surface area contributed by atoms with Crippen molar-refractivity contribution in [1.29, 1.82) is 0 Å². The summed E-state index contributed by atoms with van der Waals surface area (Å²) in [5.41, 5.74) is 0. The Labute approximate surface area is 80.9 Å². The van der Waals surface area contributed by atoms with Crippen molar-refractivity contribution in [3.05, 3.63) is 0 Å². The van der Waals surface area contributed by atoms with Crippen molar-refractivity contribution >= 4 is 16.6 Å². The van der Waals surface area contributed by atoms with Crippen LogP contribution in [0, 0.1) is 0 Å². The lowest BCUT2D eigenvalue weighted by atomic mass is 10.2. The second-order valence-corrected chi connectivity index (χ2v) is 5.45. The zero-order chi connectivity index (χ0) is 9.26. The molecule has 1 atom stereocenters. The molecule has 1 aliphatic carbocycles. The number of hydrogen-bond acceptors (Lipinski definition) is 3. The van der Waals surface area contributed by atoms with Crippen LogP contribution in [0.5, 0.6) is 0 Å². The van der Waals surface area contributed by atoms with E-state index in [1.54, 1.807) is 0 Å². The number of nitrogens with zero attached hydrogens (tertiary/aromatic N) is 1. The second kappa shape index (κ2) is 3.88. The highest BCUT2D eigenvalue weighted by atomic mass is 32.2. The van der Waals surface area contributed by atoms with E-state index in [0.29, 0.717) is 5.78 Å². The molecular formula is C9H15NO2S. The number of Topliss-reactive ketones (excluding diaryl/α,β-unsaturated/α-hetero) is 1. The molecule has 0 bridgehead atoms.